The Morgan fingerprint density at radius 3 is 1.52 bits per heavy atom. The molecule has 0 radical (unpaired) electrons. The zero-order chi connectivity index (χ0) is 47.1. The number of hydrogen-bond acceptors (Lipinski definition) is 13. The molecule has 4 N–H and O–H groups in total. The SMILES string of the molecule is CC(C)(C)CC(=O)O.CC[C@@H]1C(=O)N(C)c2cnc(-c3ccncc3N)nc2N1C(C)C.CC[C@@H]1C(=O)N(C)c2cnc(-c3ccncc3NC(=O)CC(C)(C)C)nc2N1C(C)C. The molecule has 2 aliphatic heterocycles. The molecule has 0 aromatic carbocycles. The minimum atomic E-state index is -0.725. The largest absolute Gasteiger partial charge is 0.481 e. The number of nitrogens with two attached hydrogens (primary N) is 1. The number of nitrogen functional groups attached to an aromatic ring is 1. The fourth-order valence-corrected chi connectivity index (χ4v) is 7.44. The van der Waals surface area contributed by atoms with E-state index in [2.05, 4.69) is 62.7 Å². The quantitative estimate of drug-likeness (QED) is 0.149. The van der Waals surface area contributed by atoms with E-state index in [1.165, 1.54) is 0 Å². The molecule has 0 unspecified atom stereocenters. The van der Waals surface area contributed by atoms with E-state index < -0.39 is 5.97 Å². The Bertz CT molecular complexity index is 2270. The minimum absolute atomic E-state index is 0.0408. The number of hydrogen-bond donors (Lipinski definition) is 3. The number of amides is 3. The lowest BCUT2D eigenvalue weighted by molar-refractivity contribution is -0.139. The van der Waals surface area contributed by atoms with Gasteiger partial charge in [0.25, 0.3) is 0 Å². The summed E-state index contributed by atoms with van der Waals surface area (Å²) in [5.74, 6) is 1.81. The Labute approximate surface area is 372 Å². The fourth-order valence-electron chi connectivity index (χ4n) is 7.44. The number of nitrogens with zero attached hydrogens (tertiary/aromatic N) is 10. The summed E-state index contributed by atoms with van der Waals surface area (Å²) in [6, 6.07) is 3.33. The predicted octanol–water partition coefficient (Wildman–Crippen LogP) is 7.48. The number of carbonyl (C=O) groups excluding carboxylic acids is 3. The second kappa shape index (κ2) is 20.3. The highest BCUT2D eigenvalue weighted by atomic mass is 16.4. The fraction of sp³-hybridized carbons (Fsp3) is 0.522. The van der Waals surface area contributed by atoms with Gasteiger partial charge >= 0.3 is 5.97 Å². The van der Waals surface area contributed by atoms with Gasteiger partial charge in [-0.3, -0.25) is 29.1 Å². The van der Waals surface area contributed by atoms with E-state index in [9.17, 15) is 19.2 Å². The van der Waals surface area contributed by atoms with Crippen molar-refractivity contribution in [3.8, 4) is 22.8 Å². The van der Waals surface area contributed by atoms with Crippen LogP contribution < -0.4 is 30.7 Å². The molecule has 0 bridgehead atoms. The summed E-state index contributed by atoms with van der Waals surface area (Å²) in [7, 11) is 3.53. The Morgan fingerprint density at radius 1 is 0.714 bits per heavy atom. The first-order valence-electron chi connectivity index (χ1n) is 21.4. The molecule has 63 heavy (non-hydrogen) atoms. The number of fused-ring (bicyclic) bond motifs is 2. The number of aliphatic carboxylic acids is 1. The summed E-state index contributed by atoms with van der Waals surface area (Å²) < 4.78 is 0. The van der Waals surface area contributed by atoms with E-state index in [0.717, 1.165) is 29.3 Å². The predicted molar refractivity (Wildman–Crippen MR) is 250 cm³/mol. The number of carboxylic acids is 1. The van der Waals surface area contributed by atoms with Gasteiger partial charge in [-0.2, -0.15) is 0 Å². The van der Waals surface area contributed by atoms with Crippen molar-refractivity contribution < 1.29 is 24.3 Å². The maximum Gasteiger partial charge on any atom is 0.303 e. The third-order valence-electron chi connectivity index (χ3n) is 10.3. The number of carbonyl (C=O) groups is 4. The van der Waals surface area contributed by atoms with Gasteiger partial charge in [-0.25, -0.2) is 19.9 Å². The smallest absolute Gasteiger partial charge is 0.303 e. The van der Waals surface area contributed by atoms with Crippen molar-refractivity contribution in [1.82, 2.24) is 29.9 Å². The Morgan fingerprint density at radius 2 is 1.14 bits per heavy atom. The highest BCUT2D eigenvalue weighted by Crippen LogP contribution is 2.39. The van der Waals surface area contributed by atoms with E-state index in [0.29, 0.717) is 47.1 Å². The minimum Gasteiger partial charge on any atom is -0.481 e. The van der Waals surface area contributed by atoms with Crippen LogP contribution in [0.5, 0.6) is 0 Å². The second-order valence-corrected chi connectivity index (χ2v) is 18.8. The molecule has 0 saturated carbocycles. The third-order valence-corrected chi connectivity index (χ3v) is 10.3. The Kier molecular flexibility index (Phi) is 15.9. The maximum absolute atomic E-state index is 12.9. The highest BCUT2D eigenvalue weighted by molar-refractivity contribution is 6.05. The van der Waals surface area contributed by atoms with Crippen LogP contribution in [0.15, 0.2) is 49.3 Å². The van der Waals surface area contributed by atoms with E-state index in [4.69, 9.17) is 20.8 Å². The van der Waals surface area contributed by atoms with E-state index in [-0.39, 0.29) is 59.1 Å². The lowest BCUT2D eigenvalue weighted by atomic mass is 9.92. The normalized spacial score (nSPS) is 16.2. The Hall–Kier alpha value is -6.26. The topological polar surface area (TPSA) is 217 Å². The molecule has 17 heteroatoms. The summed E-state index contributed by atoms with van der Waals surface area (Å²) in [6.07, 6.45) is 11.9. The first-order chi connectivity index (χ1) is 29.4. The van der Waals surface area contributed by atoms with Crippen LogP contribution >= 0.6 is 0 Å². The molecular formula is C46H66N12O5. The molecule has 2 aliphatic rings. The van der Waals surface area contributed by atoms with Crippen molar-refractivity contribution in [2.75, 3.05) is 44.7 Å². The maximum atomic E-state index is 12.9. The average Bonchev–Trinajstić information content (AvgIpc) is 3.19. The number of rotatable bonds is 9. The van der Waals surface area contributed by atoms with Crippen LogP contribution in [-0.2, 0) is 19.2 Å². The van der Waals surface area contributed by atoms with Gasteiger partial charge in [-0.05, 0) is 63.5 Å². The first kappa shape index (κ1) is 49.4. The summed E-state index contributed by atoms with van der Waals surface area (Å²) in [6.45, 7) is 24.0. The molecule has 17 nitrogen and oxygen atoms in total. The van der Waals surface area contributed by atoms with Crippen molar-refractivity contribution >= 4 is 58.1 Å². The molecule has 4 aromatic heterocycles. The molecule has 4 aromatic rings. The summed E-state index contributed by atoms with van der Waals surface area (Å²) >= 11 is 0. The van der Waals surface area contributed by atoms with Crippen molar-refractivity contribution in [2.45, 2.75) is 133 Å². The number of carboxylic acid groups (broad SMARTS) is 1. The van der Waals surface area contributed by atoms with Gasteiger partial charge < -0.3 is 35.8 Å². The summed E-state index contributed by atoms with van der Waals surface area (Å²) in [5, 5.41) is 11.2. The molecule has 6 heterocycles. The zero-order valence-corrected chi connectivity index (χ0v) is 39.4. The monoisotopic (exact) mass is 867 g/mol. The van der Waals surface area contributed by atoms with Gasteiger partial charge in [-0.15, -0.1) is 0 Å². The van der Waals surface area contributed by atoms with E-state index in [1.54, 1.807) is 73.2 Å². The number of aromatic nitrogens is 6. The summed E-state index contributed by atoms with van der Waals surface area (Å²) in [5.41, 5.74) is 9.73. The molecule has 3 amide bonds. The first-order valence-corrected chi connectivity index (χ1v) is 21.4. The molecule has 0 fully saturated rings. The van der Waals surface area contributed by atoms with Crippen LogP contribution in [0.1, 0.15) is 109 Å². The van der Waals surface area contributed by atoms with Gasteiger partial charge in [0.1, 0.15) is 23.5 Å². The molecule has 340 valence electrons. The van der Waals surface area contributed by atoms with Crippen molar-refractivity contribution in [3.05, 3.63) is 49.3 Å². The van der Waals surface area contributed by atoms with Gasteiger partial charge in [0, 0.05) is 56.1 Å². The van der Waals surface area contributed by atoms with Crippen LogP contribution in [0.25, 0.3) is 22.8 Å². The number of anilines is 6. The van der Waals surface area contributed by atoms with Crippen molar-refractivity contribution in [2.24, 2.45) is 10.8 Å². The van der Waals surface area contributed by atoms with Gasteiger partial charge in [0.15, 0.2) is 23.3 Å². The lowest BCUT2D eigenvalue weighted by Crippen LogP contribution is -2.54. The molecule has 6 rings (SSSR count). The van der Waals surface area contributed by atoms with Crippen LogP contribution in [-0.4, -0.2) is 97.0 Å². The molecule has 0 spiro atoms. The standard InChI is InChI=1S/C23H32N6O2.C17H22N6O.C6H12O2/c1-8-17-22(31)28(7)18-13-25-20(27-21(18)29(17)14(2)3)15-9-10-24-12-16(15)26-19(30)11-23(4,5)6;1-5-13-17(24)22(4)14-9-20-15(11-6-7-19-8-12(11)18)21-16(14)23(13)10(2)3;1-6(2,3)4-5(7)8/h9-10,12-14,17H,8,11H2,1-7H3,(H,26,30);6-10,13H,5,18H2,1-4H3;4H2,1-3H3,(H,7,8)/t17-;13-;/m11./s1. The van der Waals surface area contributed by atoms with Crippen LogP contribution in [0, 0.1) is 10.8 Å². The van der Waals surface area contributed by atoms with Crippen LogP contribution in [0.3, 0.4) is 0 Å². The second-order valence-electron chi connectivity index (χ2n) is 18.8. The molecule has 2 atom stereocenters. The molecular weight excluding hydrogens is 801 g/mol. The molecule has 0 saturated heterocycles. The van der Waals surface area contributed by atoms with Crippen LogP contribution in [0.4, 0.5) is 34.4 Å². The van der Waals surface area contributed by atoms with Gasteiger partial charge in [-0.1, -0.05) is 55.4 Å². The number of nitrogens with one attached hydrogen (secondary N) is 1. The Balaban J connectivity index is 0.000000241. The zero-order valence-electron chi connectivity index (χ0n) is 39.4. The van der Waals surface area contributed by atoms with E-state index in [1.807, 2.05) is 55.4 Å². The van der Waals surface area contributed by atoms with Crippen molar-refractivity contribution in [1.29, 1.82) is 0 Å². The third kappa shape index (κ3) is 12.0. The lowest BCUT2D eigenvalue weighted by Gasteiger charge is -2.42. The highest BCUT2D eigenvalue weighted by Gasteiger charge is 2.40. The van der Waals surface area contributed by atoms with E-state index >= 15 is 0 Å². The van der Waals surface area contributed by atoms with Gasteiger partial charge in [0.05, 0.1) is 42.6 Å². The number of pyridine rings is 2. The van der Waals surface area contributed by atoms with Crippen molar-refractivity contribution in [3.63, 3.8) is 0 Å². The average molecular weight is 867 g/mol. The summed E-state index contributed by atoms with van der Waals surface area (Å²) in [4.78, 5) is 82.1. The molecule has 0 aliphatic carbocycles. The number of likely N-dealkylation sites (N-methyl/N-ethyl adjacent to an activating group) is 2. The van der Waals surface area contributed by atoms with Crippen LogP contribution in [0.2, 0.25) is 0 Å². The van der Waals surface area contributed by atoms with Gasteiger partial charge in [0.2, 0.25) is 17.7 Å².